The highest BCUT2D eigenvalue weighted by atomic mass is 31.2. The van der Waals surface area contributed by atoms with Crippen molar-refractivity contribution in [3.05, 3.63) is 87.9 Å². The number of carbonyl (C=O) groups excluding carboxylic acids is 6. The Kier molecular flexibility index (Phi) is 18.3. The summed E-state index contributed by atoms with van der Waals surface area (Å²) in [5.74, 6) is -8.60. The van der Waals surface area contributed by atoms with Crippen molar-refractivity contribution < 1.29 is 77.6 Å². The monoisotopic (exact) mass is 1140 g/mol. The van der Waals surface area contributed by atoms with Crippen molar-refractivity contribution in [1.82, 2.24) is 15.1 Å². The van der Waals surface area contributed by atoms with E-state index >= 15 is 9.59 Å². The van der Waals surface area contributed by atoms with Crippen LogP contribution in [0.3, 0.4) is 0 Å². The van der Waals surface area contributed by atoms with Crippen molar-refractivity contribution in [2.75, 3.05) is 25.8 Å². The third kappa shape index (κ3) is 11.9. The topological polar surface area (TPSA) is 288 Å². The summed E-state index contributed by atoms with van der Waals surface area (Å²) in [4.78, 5) is 102. The van der Waals surface area contributed by atoms with Crippen LogP contribution < -0.4 is 20.1 Å². The number of aliphatic imine (C=N–C) groups is 1. The normalized spacial score (nSPS) is 30.2. The molecule has 440 valence electrons. The average Bonchev–Trinajstić information content (AvgIpc) is 4.00. The van der Waals surface area contributed by atoms with Gasteiger partial charge in [-0.05, 0) is 67.9 Å². The van der Waals surface area contributed by atoms with E-state index < -0.39 is 119 Å². The van der Waals surface area contributed by atoms with Crippen LogP contribution >= 0.6 is 7.37 Å². The summed E-state index contributed by atoms with van der Waals surface area (Å²) in [6, 6.07) is 2.43. The van der Waals surface area contributed by atoms with Crippen molar-refractivity contribution in [1.29, 1.82) is 0 Å². The molecule has 11 atom stereocenters. The summed E-state index contributed by atoms with van der Waals surface area (Å²) in [6.45, 7) is 23.7. The number of hydrogen-bond acceptors (Lipinski definition) is 17. The van der Waals surface area contributed by atoms with Gasteiger partial charge in [-0.2, -0.15) is 0 Å². The van der Waals surface area contributed by atoms with E-state index in [2.05, 4.69) is 24.1 Å². The van der Waals surface area contributed by atoms with Gasteiger partial charge in [-0.3, -0.25) is 33.5 Å². The molecule has 2 aromatic carbocycles. The van der Waals surface area contributed by atoms with Gasteiger partial charge in [0, 0.05) is 91.5 Å². The number of fused-ring (bicyclic) bond motifs is 13. The van der Waals surface area contributed by atoms with Gasteiger partial charge < -0.3 is 64.2 Å². The van der Waals surface area contributed by atoms with Gasteiger partial charge in [-0.15, -0.1) is 0 Å². The number of aldehydes is 1. The van der Waals surface area contributed by atoms with Crippen molar-refractivity contribution in [2.45, 2.75) is 145 Å². The molecule has 1 fully saturated rings. The quantitative estimate of drug-likeness (QED) is 0.0787. The zero-order valence-corrected chi connectivity index (χ0v) is 49.4. The molecule has 6 aliphatic rings. The Bertz CT molecular complexity index is 3060. The molecule has 1 aliphatic carbocycles. The number of rotatable bonds is 11. The fourth-order valence-electron chi connectivity index (χ4n) is 12.0. The van der Waals surface area contributed by atoms with Crippen molar-refractivity contribution in [3.63, 3.8) is 0 Å². The highest BCUT2D eigenvalue weighted by molar-refractivity contribution is 7.66. The van der Waals surface area contributed by atoms with Crippen LogP contribution in [0.25, 0.3) is 5.76 Å². The number of allylic oxidation sites excluding steroid dienone is 3. The van der Waals surface area contributed by atoms with Gasteiger partial charge in [-0.25, -0.2) is 0 Å². The molecular formula is C60H79N4O16P. The Morgan fingerprint density at radius 2 is 1.63 bits per heavy atom. The minimum atomic E-state index is -4.25. The van der Waals surface area contributed by atoms with Gasteiger partial charge in [0.15, 0.2) is 0 Å². The first-order chi connectivity index (χ1) is 37.9. The number of nitrogens with one attached hydrogen (secondary N) is 1. The maximum atomic E-state index is 16.2. The van der Waals surface area contributed by atoms with Crippen LogP contribution in [0.1, 0.15) is 129 Å². The molecule has 5 heterocycles. The van der Waals surface area contributed by atoms with E-state index in [4.69, 9.17) is 23.9 Å². The number of phenols is 1. The molecule has 1 spiro atoms. The number of nitrogens with zero attached hydrogens (tertiary/aromatic N) is 3. The Morgan fingerprint density at radius 1 is 0.963 bits per heavy atom. The van der Waals surface area contributed by atoms with E-state index in [1.165, 1.54) is 63.1 Å². The predicted molar refractivity (Wildman–Crippen MR) is 302 cm³/mol. The van der Waals surface area contributed by atoms with Gasteiger partial charge >= 0.3 is 11.8 Å². The zero-order valence-electron chi connectivity index (χ0n) is 48.5. The first-order valence-corrected chi connectivity index (χ1v) is 29.5. The van der Waals surface area contributed by atoms with Gasteiger partial charge in [0.25, 0.3) is 18.2 Å². The second-order valence-corrected chi connectivity index (χ2v) is 26.2. The molecule has 2 amide bonds. The summed E-state index contributed by atoms with van der Waals surface area (Å²) in [6.07, 6.45) is 4.42. The van der Waals surface area contributed by atoms with Gasteiger partial charge in [0.1, 0.15) is 47.1 Å². The lowest BCUT2D eigenvalue weighted by atomic mass is 9.77. The van der Waals surface area contributed by atoms with E-state index in [1.54, 1.807) is 52.8 Å². The number of ether oxygens (including phenoxy) is 4. The third-order valence-electron chi connectivity index (χ3n) is 16.9. The molecule has 0 radical (unpaired) electrons. The molecular weight excluding hydrogens is 1060 g/mol. The number of ketones is 1. The maximum absolute atomic E-state index is 16.2. The van der Waals surface area contributed by atoms with Crippen LogP contribution in [-0.4, -0.2) is 139 Å². The number of Topliss-reactive ketones (excluding diaryl/α,β-unsaturated/α-hetero) is 1. The number of esters is 1. The lowest BCUT2D eigenvalue weighted by Gasteiger charge is -2.48. The van der Waals surface area contributed by atoms with E-state index in [0.29, 0.717) is 19.4 Å². The SMILES string of the molecule is CC(=O)O[C@H]1[C@H](C)[C@H](O)[C@H](C)[C@@H](O)[C@@H](C)/C=C/C=C(/C)C(=O)NC2=C(O)c3c(O)c(C)c4c(c3C3=NC5(CCN(CC(C)C)CC5)N(C(=O)C(C)(C)Cc5cc(P(=O)(O)CC=O)ccc5OC=O)C32)C(=O)[C@@](C)(O/C=C/[C@H](C)[C@H]1C)O4. The van der Waals surface area contributed by atoms with Gasteiger partial charge in [-0.1, -0.05) is 80.5 Å². The summed E-state index contributed by atoms with van der Waals surface area (Å²) in [7, 11) is -4.25. The first kappa shape index (κ1) is 62.2. The number of piperidine rings is 1. The van der Waals surface area contributed by atoms with Crippen LogP contribution in [0.15, 0.2) is 65.0 Å². The number of phenolic OH excluding ortho intramolecular Hbond substituents is 1. The number of carbonyl (C=O) groups is 6. The lowest BCUT2D eigenvalue weighted by molar-refractivity contribution is -0.158. The Hall–Kier alpha value is -6.44. The minimum Gasteiger partial charge on any atom is -0.507 e. The van der Waals surface area contributed by atoms with Crippen molar-refractivity contribution >= 4 is 60.5 Å². The largest absolute Gasteiger partial charge is 0.507 e. The molecule has 81 heavy (non-hydrogen) atoms. The molecule has 0 aromatic heterocycles. The lowest BCUT2D eigenvalue weighted by Crippen LogP contribution is -2.62. The summed E-state index contributed by atoms with van der Waals surface area (Å²) < 4.78 is 37.2. The molecule has 8 rings (SSSR count). The standard InChI is InChI=1S/C60H79N4O16P/c1-31(2)29-63-22-20-60(21-23-63)62-46-43-44-51(70)38(9)54-45(43)55(72)59(13,80-54)78-25-19-32(3)35(6)53(79-39(10)67)37(8)50(69)36(7)49(68)33(4)15-14-16-34(5)56(73)61-47(52(44)71)48(46)64(60)57(74)58(11,12)28-40-27-41(81(75,76)26-24-65)17-18-42(40)77-30-66/h14-19,24-25,27,30-33,35-37,48-50,53,68-71H,20-23,26,28-29H2,1-13H3,(H,61,73)(H,75,76)/b15-14+,25-19+,34-16-/t32-,33-,35+,36+,37+,48?,49-,50+,53+,59-/m0/s1. The molecule has 5 bridgehead atoms. The first-order valence-electron chi connectivity index (χ1n) is 27.6. The molecule has 2 aromatic rings. The summed E-state index contributed by atoms with van der Waals surface area (Å²) >= 11 is 0. The minimum absolute atomic E-state index is 0.0202. The molecule has 1 saturated heterocycles. The number of hydrogen-bond donors (Lipinski definition) is 6. The van der Waals surface area contributed by atoms with E-state index in [0.717, 1.165) is 6.54 Å². The highest BCUT2D eigenvalue weighted by Crippen LogP contribution is 2.54. The highest BCUT2D eigenvalue weighted by Gasteiger charge is 2.60. The number of amides is 2. The van der Waals surface area contributed by atoms with Crippen LogP contribution in [0.4, 0.5) is 0 Å². The fourth-order valence-corrected chi connectivity index (χ4v) is 13.1. The van der Waals surface area contributed by atoms with E-state index in [-0.39, 0.29) is 93.3 Å². The second-order valence-electron chi connectivity index (χ2n) is 23.9. The molecule has 0 saturated carbocycles. The average molecular weight is 1140 g/mol. The molecule has 21 heteroatoms. The molecule has 20 nitrogen and oxygen atoms in total. The Labute approximate surface area is 473 Å². The van der Waals surface area contributed by atoms with E-state index in [1.807, 2.05) is 13.8 Å². The number of aliphatic hydroxyl groups excluding tert-OH is 3. The predicted octanol–water partition coefficient (Wildman–Crippen LogP) is 6.58. The molecule has 2 unspecified atom stereocenters. The third-order valence-corrected chi connectivity index (χ3v) is 18.7. The Balaban J connectivity index is 1.45. The molecule has 5 aliphatic heterocycles. The fraction of sp³-hybridized carbons (Fsp3) is 0.550. The van der Waals surface area contributed by atoms with Crippen LogP contribution in [-0.2, 0) is 44.4 Å². The smallest absolute Gasteiger partial charge is 0.312 e. The van der Waals surface area contributed by atoms with Crippen LogP contribution in [0, 0.1) is 47.8 Å². The Morgan fingerprint density at radius 3 is 2.25 bits per heavy atom. The van der Waals surface area contributed by atoms with Gasteiger partial charge in [0.05, 0.1) is 47.2 Å². The van der Waals surface area contributed by atoms with Gasteiger partial charge in [0.2, 0.25) is 13.3 Å². The van der Waals surface area contributed by atoms with E-state index in [9.17, 15) is 49.1 Å². The van der Waals surface area contributed by atoms with Crippen molar-refractivity contribution in [3.8, 4) is 17.2 Å². The number of aliphatic hydroxyl groups is 3. The maximum Gasteiger partial charge on any atom is 0.312 e. The summed E-state index contributed by atoms with van der Waals surface area (Å²) in [5.41, 5.74) is -3.28. The zero-order chi connectivity index (χ0) is 60.0. The van der Waals surface area contributed by atoms with Crippen LogP contribution in [0.2, 0.25) is 0 Å². The van der Waals surface area contributed by atoms with Crippen molar-refractivity contribution in [2.24, 2.45) is 45.9 Å². The number of likely N-dealkylation sites (tertiary alicyclic amines) is 1. The van der Waals surface area contributed by atoms with Crippen LogP contribution in [0.5, 0.6) is 17.2 Å². The number of aromatic hydroxyl groups is 1. The second kappa shape index (κ2) is 23.8. The summed E-state index contributed by atoms with van der Waals surface area (Å²) in [5, 5.41) is 51.3. The number of benzene rings is 2. The molecule has 6 N–H and O–H groups in total.